The van der Waals surface area contributed by atoms with Gasteiger partial charge in [-0.15, -0.1) is 0 Å². The summed E-state index contributed by atoms with van der Waals surface area (Å²) in [6.45, 7) is 8.21. The highest BCUT2D eigenvalue weighted by Crippen LogP contribution is 2.72. The third-order valence-electron chi connectivity index (χ3n) is 16.1. The predicted octanol–water partition coefficient (Wildman–Crippen LogP) is 4.55. The standard InChI is InChI=1S/C41H64N2O7/c1-5-15-40(48,35-34(50-35)38(4,47)36(2,24-44)16-10-25-14-20-43-33(42)21-25)32-13-19-41(49)29-23-31(46)30-22-27(45)11-18-39(30,26-8-6-7-9-26)28(29)12-17-37(32,41)3/h14,21,23,26-28,30,32,34-35,43-45,47-49H,5-13,15-20,22,24,42H2,1-4H3. The highest BCUT2D eigenvalue weighted by Gasteiger charge is 2.74. The Morgan fingerprint density at radius 1 is 1.00 bits per heavy atom. The maximum Gasteiger partial charge on any atom is 0.159 e. The van der Waals surface area contributed by atoms with Crippen LogP contribution in [0.1, 0.15) is 124 Å². The Hall–Kier alpha value is -1.75. The molecular formula is C41H64N2O7. The van der Waals surface area contributed by atoms with Crippen LogP contribution >= 0.6 is 0 Å². The van der Waals surface area contributed by atoms with Crippen molar-refractivity contribution in [2.75, 3.05) is 13.2 Å². The molecule has 0 amide bonds. The van der Waals surface area contributed by atoms with Crippen LogP contribution in [0.25, 0.3) is 0 Å². The van der Waals surface area contributed by atoms with E-state index in [0.29, 0.717) is 69.7 Å². The SMILES string of the molecule is CCCC(O)(C1OC1C(C)(O)C(C)(CO)CCC1=CCNC(N)=C1)C1CCC2(O)C3=CC(=O)C4CC(O)CCC4(C4CCCC4)C3CCC12C. The zero-order valence-electron chi connectivity index (χ0n) is 30.9. The molecule has 0 aromatic heterocycles. The van der Waals surface area contributed by atoms with Crippen LogP contribution in [0.3, 0.4) is 0 Å². The molecule has 7 rings (SSSR count). The van der Waals surface area contributed by atoms with Crippen LogP contribution in [-0.2, 0) is 9.53 Å². The van der Waals surface area contributed by atoms with Crippen molar-refractivity contribution in [1.29, 1.82) is 0 Å². The van der Waals surface area contributed by atoms with Crippen molar-refractivity contribution in [2.45, 2.75) is 159 Å². The van der Waals surface area contributed by atoms with Crippen LogP contribution in [-0.4, -0.2) is 79.6 Å². The zero-order valence-corrected chi connectivity index (χ0v) is 30.9. The lowest BCUT2D eigenvalue weighted by Gasteiger charge is -2.63. The Balaban J connectivity index is 1.17. The summed E-state index contributed by atoms with van der Waals surface area (Å²) in [5, 5.41) is 62.7. The topological polar surface area (TPSA) is 169 Å². The van der Waals surface area contributed by atoms with Gasteiger partial charge in [0, 0.05) is 23.3 Å². The van der Waals surface area contributed by atoms with Gasteiger partial charge >= 0.3 is 0 Å². The third-order valence-corrected chi connectivity index (χ3v) is 16.1. The Kier molecular flexibility index (Phi) is 9.29. The first-order valence-corrected chi connectivity index (χ1v) is 19.9. The van der Waals surface area contributed by atoms with E-state index in [2.05, 4.69) is 25.2 Å². The van der Waals surface area contributed by atoms with Gasteiger partial charge < -0.3 is 41.3 Å². The fourth-order valence-electron chi connectivity index (χ4n) is 12.9. The van der Waals surface area contributed by atoms with Gasteiger partial charge in [0.05, 0.1) is 35.3 Å². The van der Waals surface area contributed by atoms with Gasteiger partial charge in [0.15, 0.2) is 5.78 Å². The number of nitrogens with two attached hydrogens (primary N) is 1. The van der Waals surface area contributed by atoms with Gasteiger partial charge in [-0.05, 0) is 130 Å². The van der Waals surface area contributed by atoms with Crippen molar-refractivity contribution in [3.05, 3.63) is 35.2 Å². The molecule has 50 heavy (non-hydrogen) atoms. The van der Waals surface area contributed by atoms with E-state index in [1.54, 1.807) is 13.0 Å². The average molecular weight is 697 g/mol. The van der Waals surface area contributed by atoms with E-state index in [9.17, 15) is 30.3 Å². The number of rotatable bonds is 11. The second-order valence-corrected chi connectivity index (χ2v) is 18.4. The smallest absolute Gasteiger partial charge is 0.159 e. The van der Waals surface area contributed by atoms with Crippen LogP contribution in [0.15, 0.2) is 35.2 Å². The Morgan fingerprint density at radius 2 is 1.74 bits per heavy atom. The zero-order chi connectivity index (χ0) is 35.9. The molecule has 5 aliphatic carbocycles. The van der Waals surface area contributed by atoms with Crippen LogP contribution in [0.5, 0.6) is 0 Å². The summed E-state index contributed by atoms with van der Waals surface area (Å²) in [5.74, 6) is 0.734. The van der Waals surface area contributed by atoms with Crippen molar-refractivity contribution < 1.29 is 35.1 Å². The molecule has 9 nitrogen and oxygen atoms in total. The summed E-state index contributed by atoms with van der Waals surface area (Å²) in [5.41, 5.74) is 2.17. The Labute approximate surface area is 298 Å². The number of aliphatic hydroxyl groups is 5. The fourth-order valence-corrected chi connectivity index (χ4v) is 12.9. The molecule has 0 bridgehead atoms. The molecule has 5 fully saturated rings. The van der Waals surface area contributed by atoms with E-state index in [-0.39, 0.29) is 35.6 Å². The number of ether oxygens (including phenoxy) is 1. The summed E-state index contributed by atoms with van der Waals surface area (Å²) in [6, 6.07) is 0. The van der Waals surface area contributed by atoms with E-state index in [1.165, 1.54) is 12.8 Å². The normalized spacial score (nSPS) is 43.5. The van der Waals surface area contributed by atoms with Crippen LogP contribution in [0, 0.1) is 39.9 Å². The van der Waals surface area contributed by atoms with E-state index >= 15 is 0 Å². The lowest BCUT2D eigenvalue weighted by molar-refractivity contribution is -0.166. The van der Waals surface area contributed by atoms with Gasteiger partial charge in [-0.2, -0.15) is 0 Å². The number of nitrogens with one attached hydrogen (secondary N) is 1. The number of hydrogen-bond donors (Lipinski definition) is 7. The van der Waals surface area contributed by atoms with Crippen molar-refractivity contribution in [2.24, 2.45) is 45.7 Å². The maximum absolute atomic E-state index is 14.1. The minimum Gasteiger partial charge on any atom is -0.396 e. The van der Waals surface area contributed by atoms with E-state index < -0.39 is 45.9 Å². The van der Waals surface area contributed by atoms with Crippen LogP contribution in [0.4, 0.5) is 0 Å². The van der Waals surface area contributed by atoms with Crippen LogP contribution in [0.2, 0.25) is 0 Å². The number of carbonyl (C=O) groups is 1. The number of epoxide rings is 1. The molecule has 280 valence electrons. The summed E-state index contributed by atoms with van der Waals surface area (Å²) >= 11 is 0. The van der Waals surface area contributed by atoms with Gasteiger partial charge in [-0.3, -0.25) is 4.79 Å². The largest absolute Gasteiger partial charge is 0.396 e. The molecule has 2 aliphatic heterocycles. The number of carbonyl (C=O) groups excluding carboxylic acids is 1. The van der Waals surface area contributed by atoms with Crippen molar-refractivity contribution in [1.82, 2.24) is 5.32 Å². The molecule has 12 unspecified atom stereocenters. The van der Waals surface area contributed by atoms with Gasteiger partial charge in [0.25, 0.3) is 0 Å². The summed E-state index contributed by atoms with van der Waals surface area (Å²) in [7, 11) is 0. The molecule has 4 saturated carbocycles. The number of allylic oxidation sites excluding steroid dienone is 3. The van der Waals surface area contributed by atoms with Crippen molar-refractivity contribution >= 4 is 5.78 Å². The molecule has 0 radical (unpaired) electrons. The first-order chi connectivity index (χ1) is 23.6. The third kappa shape index (κ3) is 5.25. The minimum atomic E-state index is -1.43. The lowest BCUT2D eigenvalue weighted by Crippen LogP contribution is -2.63. The molecule has 9 heteroatoms. The molecule has 1 saturated heterocycles. The number of dihydropyridines is 1. The molecule has 7 aliphatic rings. The maximum atomic E-state index is 14.1. The summed E-state index contributed by atoms with van der Waals surface area (Å²) in [4.78, 5) is 14.1. The average Bonchev–Trinajstić information content (AvgIpc) is 3.63. The quantitative estimate of drug-likeness (QED) is 0.153. The second-order valence-electron chi connectivity index (χ2n) is 18.4. The van der Waals surface area contributed by atoms with Gasteiger partial charge in [0.2, 0.25) is 0 Å². The fraction of sp³-hybridized carbons (Fsp3) is 0.829. The second kappa shape index (κ2) is 12.7. The first-order valence-electron chi connectivity index (χ1n) is 19.9. The Bertz CT molecular complexity index is 1440. The number of ketones is 1. The predicted molar refractivity (Wildman–Crippen MR) is 191 cm³/mol. The molecular weight excluding hydrogens is 632 g/mol. The molecule has 12 atom stereocenters. The molecule has 2 heterocycles. The first kappa shape index (κ1) is 36.6. The van der Waals surface area contributed by atoms with E-state index in [0.717, 1.165) is 43.3 Å². The number of fused-ring (bicyclic) bond motifs is 5. The Morgan fingerprint density at radius 3 is 2.42 bits per heavy atom. The highest BCUT2D eigenvalue weighted by atomic mass is 16.6. The van der Waals surface area contributed by atoms with Gasteiger partial charge in [-0.25, -0.2) is 0 Å². The summed E-state index contributed by atoms with van der Waals surface area (Å²) in [6.07, 6.45) is 15.6. The highest BCUT2D eigenvalue weighted by molar-refractivity contribution is 5.95. The molecule has 0 spiro atoms. The van der Waals surface area contributed by atoms with E-state index in [1.807, 2.05) is 13.0 Å². The number of hydrogen-bond acceptors (Lipinski definition) is 9. The molecule has 0 aromatic rings. The van der Waals surface area contributed by atoms with Crippen LogP contribution < -0.4 is 11.1 Å². The lowest BCUT2D eigenvalue weighted by atomic mass is 9.42. The van der Waals surface area contributed by atoms with Crippen molar-refractivity contribution in [3.63, 3.8) is 0 Å². The summed E-state index contributed by atoms with van der Waals surface area (Å²) < 4.78 is 6.37. The molecule has 0 aromatic carbocycles. The molecule has 8 N–H and O–H groups in total. The van der Waals surface area contributed by atoms with Crippen molar-refractivity contribution in [3.8, 4) is 0 Å². The number of aliphatic hydroxyl groups excluding tert-OH is 2. The van der Waals surface area contributed by atoms with Gasteiger partial charge in [-0.1, -0.05) is 46.1 Å². The minimum absolute atomic E-state index is 0.0789. The van der Waals surface area contributed by atoms with E-state index in [4.69, 9.17) is 10.5 Å². The van der Waals surface area contributed by atoms with Gasteiger partial charge in [0.1, 0.15) is 12.2 Å². The monoisotopic (exact) mass is 696 g/mol.